The second-order valence-corrected chi connectivity index (χ2v) is 13.2. The fourth-order valence-corrected chi connectivity index (χ4v) is 11.3. The molecular formula is C22H42N2O2Si. The summed E-state index contributed by atoms with van der Waals surface area (Å²) in [4.78, 5) is 0. The number of rotatable bonds is 4. The summed E-state index contributed by atoms with van der Waals surface area (Å²) in [6.07, 6.45) is 13.9. The van der Waals surface area contributed by atoms with Gasteiger partial charge in [-0.2, -0.15) is 0 Å². The Morgan fingerprint density at radius 3 is 1.48 bits per heavy atom. The van der Waals surface area contributed by atoms with Crippen molar-refractivity contribution < 1.29 is 8.85 Å². The fraction of sp³-hybridized carbons (Fsp3) is 1.00. The molecule has 5 heteroatoms. The minimum Gasteiger partial charge on any atom is -0.374 e. The first-order chi connectivity index (χ1) is 13.1. The SMILES string of the molecule is CO[Si](OC)(N1CC(C)CC2CCCCC21)N1CC(C)CC2CCCCC21. The van der Waals surface area contributed by atoms with Crippen molar-refractivity contribution >= 4 is 8.88 Å². The van der Waals surface area contributed by atoms with E-state index in [1.807, 2.05) is 14.2 Å². The molecule has 0 aromatic rings. The van der Waals surface area contributed by atoms with E-state index in [0.29, 0.717) is 12.1 Å². The summed E-state index contributed by atoms with van der Waals surface area (Å²) in [7, 11) is 1.32. The molecule has 2 aliphatic carbocycles. The highest BCUT2D eigenvalue weighted by Gasteiger charge is 2.59. The summed E-state index contributed by atoms with van der Waals surface area (Å²) >= 11 is 0. The third kappa shape index (κ3) is 3.68. The van der Waals surface area contributed by atoms with Crippen LogP contribution in [-0.2, 0) is 8.85 Å². The Bertz CT molecular complexity index is 461. The largest absolute Gasteiger partial charge is 0.522 e. The zero-order valence-corrected chi connectivity index (χ0v) is 19.2. The van der Waals surface area contributed by atoms with Crippen LogP contribution in [0.25, 0.3) is 0 Å². The number of piperidine rings is 2. The summed E-state index contributed by atoms with van der Waals surface area (Å²) < 4.78 is 18.7. The standard InChI is InChI=1S/C22H42N2O2Si/c1-17-13-19-9-5-7-11-21(19)23(15-17)27(25-3,26-4)24-16-18(2)14-20-10-6-8-12-22(20)24/h17-22H,5-16H2,1-4H3. The second kappa shape index (κ2) is 8.43. The predicted octanol–water partition coefficient (Wildman–Crippen LogP) is 4.52. The van der Waals surface area contributed by atoms with Gasteiger partial charge in [-0.1, -0.05) is 39.5 Å². The molecule has 0 N–H and O–H groups in total. The lowest BCUT2D eigenvalue weighted by Crippen LogP contribution is -2.77. The van der Waals surface area contributed by atoms with Gasteiger partial charge in [-0.15, -0.1) is 0 Å². The summed E-state index contributed by atoms with van der Waals surface area (Å²) in [5.41, 5.74) is 0. The van der Waals surface area contributed by atoms with Gasteiger partial charge in [0.2, 0.25) is 0 Å². The van der Waals surface area contributed by atoms with Crippen LogP contribution in [0.2, 0.25) is 0 Å². The predicted molar refractivity (Wildman–Crippen MR) is 112 cm³/mol. The Balaban J connectivity index is 1.68. The first kappa shape index (κ1) is 20.3. The smallest absolute Gasteiger partial charge is 0.374 e. The van der Waals surface area contributed by atoms with Gasteiger partial charge < -0.3 is 8.85 Å². The quantitative estimate of drug-likeness (QED) is 0.655. The third-order valence-electron chi connectivity index (χ3n) is 8.22. The average Bonchev–Trinajstić information content (AvgIpc) is 2.69. The lowest BCUT2D eigenvalue weighted by atomic mass is 9.76. The van der Waals surface area contributed by atoms with Gasteiger partial charge in [0.1, 0.15) is 0 Å². The van der Waals surface area contributed by atoms with Crippen molar-refractivity contribution in [3.63, 3.8) is 0 Å². The maximum Gasteiger partial charge on any atom is 0.522 e. The lowest BCUT2D eigenvalue weighted by Gasteiger charge is -2.58. The van der Waals surface area contributed by atoms with Crippen LogP contribution in [0.3, 0.4) is 0 Å². The lowest BCUT2D eigenvalue weighted by molar-refractivity contribution is -0.0269. The molecular weight excluding hydrogens is 352 g/mol. The van der Waals surface area contributed by atoms with Gasteiger partial charge in [-0.3, -0.25) is 9.13 Å². The third-order valence-corrected chi connectivity index (χ3v) is 11.8. The molecule has 2 saturated heterocycles. The van der Waals surface area contributed by atoms with Crippen LogP contribution in [0.5, 0.6) is 0 Å². The van der Waals surface area contributed by atoms with E-state index in [1.54, 1.807) is 0 Å². The molecule has 0 aromatic heterocycles. The zero-order valence-electron chi connectivity index (χ0n) is 18.2. The first-order valence-electron chi connectivity index (χ1n) is 11.7. The molecule has 0 aromatic carbocycles. The van der Waals surface area contributed by atoms with E-state index in [-0.39, 0.29) is 0 Å². The minimum absolute atomic E-state index is 0.681. The molecule has 156 valence electrons. The molecule has 27 heavy (non-hydrogen) atoms. The molecule has 2 saturated carbocycles. The van der Waals surface area contributed by atoms with Gasteiger partial charge in [0.05, 0.1) is 0 Å². The molecule has 4 nitrogen and oxygen atoms in total. The van der Waals surface area contributed by atoms with Gasteiger partial charge in [0, 0.05) is 26.3 Å². The van der Waals surface area contributed by atoms with E-state index in [9.17, 15) is 0 Å². The van der Waals surface area contributed by atoms with Gasteiger partial charge in [0.15, 0.2) is 0 Å². The maximum absolute atomic E-state index is 6.53. The van der Waals surface area contributed by atoms with Crippen LogP contribution in [0.4, 0.5) is 0 Å². The maximum atomic E-state index is 6.53. The first-order valence-corrected chi connectivity index (χ1v) is 13.4. The molecule has 4 aliphatic rings. The summed E-state index contributed by atoms with van der Waals surface area (Å²) in [5.74, 6) is 3.21. The topological polar surface area (TPSA) is 24.9 Å². The molecule has 2 heterocycles. The van der Waals surface area contributed by atoms with Crippen LogP contribution in [0.1, 0.15) is 78.1 Å². The minimum atomic E-state index is -2.58. The normalized spacial score (nSPS) is 41.8. The highest BCUT2D eigenvalue weighted by atomic mass is 28.4. The number of nitrogens with zero attached hydrogens (tertiary/aromatic N) is 2. The number of hydrogen-bond donors (Lipinski definition) is 0. The molecule has 2 aliphatic heterocycles. The van der Waals surface area contributed by atoms with Crippen molar-refractivity contribution in [3.8, 4) is 0 Å². The van der Waals surface area contributed by atoms with Gasteiger partial charge in [-0.05, 0) is 75.3 Å². The fourth-order valence-electron chi connectivity index (χ4n) is 7.24. The van der Waals surface area contributed by atoms with Crippen molar-refractivity contribution in [1.82, 2.24) is 9.13 Å². The van der Waals surface area contributed by atoms with Crippen LogP contribution in [-0.4, -0.2) is 57.4 Å². The van der Waals surface area contributed by atoms with Crippen LogP contribution < -0.4 is 0 Å². The summed E-state index contributed by atoms with van der Waals surface area (Å²) in [5, 5.41) is 0. The van der Waals surface area contributed by atoms with Crippen molar-refractivity contribution in [1.29, 1.82) is 0 Å². The van der Waals surface area contributed by atoms with E-state index < -0.39 is 8.88 Å². The molecule has 0 bridgehead atoms. The van der Waals surface area contributed by atoms with Crippen LogP contribution in [0.15, 0.2) is 0 Å². The van der Waals surface area contributed by atoms with Crippen molar-refractivity contribution in [2.75, 3.05) is 27.3 Å². The van der Waals surface area contributed by atoms with E-state index in [1.165, 1.54) is 64.2 Å². The van der Waals surface area contributed by atoms with E-state index in [4.69, 9.17) is 8.85 Å². The highest BCUT2D eigenvalue weighted by Crippen LogP contribution is 2.45. The number of hydrogen-bond acceptors (Lipinski definition) is 4. The van der Waals surface area contributed by atoms with Crippen molar-refractivity contribution in [2.45, 2.75) is 90.1 Å². The molecule has 0 amide bonds. The number of fused-ring (bicyclic) bond motifs is 2. The van der Waals surface area contributed by atoms with Crippen LogP contribution >= 0.6 is 0 Å². The Morgan fingerprint density at radius 2 is 1.07 bits per heavy atom. The second-order valence-electron chi connectivity index (χ2n) is 10.2. The summed E-state index contributed by atoms with van der Waals surface area (Å²) in [6, 6.07) is 1.36. The highest BCUT2D eigenvalue weighted by molar-refractivity contribution is 6.61. The van der Waals surface area contributed by atoms with Gasteiger partial charge in [-0.25, -0.2) is 0 Å². The Kier molecular flexibility index (Phi) is 6.35. The van der Waals surface area contributed by atoms with Crippen molar-refractivity contribution in [3.05, 3.63) is 0 Å². The van der Waals surface area contributed by atoms with Gasteiger partial charge >= 0.3 is 8.88 Å². The summed E-state index contributed by atoms with van der Waals surface area (Å²) in [6.45, 7) is 7.23. The van der Waals surface area contributed by atoms with E-state index in [2.05, 4.69) is 23.0 Å². The molecule has 0 radical (unpaired) electrons. The molecule has 6 unspecified atom stereocenters. The average molecular weight is 395 g/mol. The molecule has 0 spiro atoms. The van der Waals surface area contributed by atoms with E-state index >= 15 is 0 Å². The molecule has 4 rings (SSSR count). The van der Waals surface area contributed by atoms with Crippen molar-refractivity contribution in [2.24, 2.45) is 23.7 Å². The monoisotopic (exact) mass is 394 g/mol. The van der Waals surface area contributed by atoms with E-state index in [0.717, 1.165) is 36.8 Å². The van der Waals surface area contributed by atoms with Gasteiger partial charge in [0.25, 0.3) is 0 Å². The Morgan fingerprint density at radius 1 is 0.667 bits per heavy atom. The Hall–Kier alpha value is 0.0569. The Labute approximate surface area is 168 Å². The molecule has 6 atom stereocenters. The zero-order chi connectivity index (χ0) is 19.0. The van der Waals surface area contributed by atoms with Crippen LogP contribution in [0, 0.1) is 23.7 Å². The molecule has 4 fully saturated rings.